The molecule has 1 rings (SSSR count). The third-order valence-electron chi connectivity index (χ3n) is 2.12. The lowest BCUT2D eigenvalue weighted by Gasteiger charge is -2.14. The summed E-state index contributed by atoms with van der Waals surface area (Å²) < 4.78 is 5.73. The molecule has 0 aliphatic carbocycles. The second kappa shape index (κ2) is 6.44. The van der Waals surface area contributed by atoms with Crippen LogP contribution in [-0.2, 0) is 0 Å². The van der Waals surface area contributed by atoms with Crippen molar-refractivity contribution in [1.29, 1.82) is 0 Å². The van der Waals surface area contributed by atoms with E-state index in [-0.39, 0.29) is 0 Å². The van der Waals surface area contributed by atoms with E-state index in [2.05, 4.69) is 12.2 Å². The normalized spacial score (nSPS) is 12.4. The number of ether oxygens (including phenoxy) is 1. The van der Waals surface area contributed by atoms with Gasteiger partial charge < -0.3 is 10.1 Å². The number of rotatable bonds is 6. The van der Waals surface area contributed by atoms with Crippen molar-refractivity contribution in [1.82, 2.24) is 5.32 Å². The van der Waals surface area contributed by atoms with Crippen LogP contribution >= 0.6 is 0 Å². The summed E-state index contributed by atoms with van der Waals surface area (Å²) in [5.74, 6) is 0.962. The minimum atomic E-state index is 0.297. The van der Waals surface area contributed by atoms with Crippen LogP contribution in [0.15, 0.2) is 30.3 Å². The van der Waals surface area contributed by atoms with Gasteiger partial charge in [-0.2, -0.15) is 0 Å². The molecular formula is C12H19NO. The van der Waals surface area contributed by atoms with Crippen LogP contribution in [0.4, 0.5) is 0 Å². The Morgan fingerprint density at radius 2 is 2.00 bits per heavy atom. The summed E-state index contributed by atoms with van der Waals surface area (Å²) in [6, 6.07) is 9.98. The third-order valence-corrected chi connectivity index (χ3v) is 2.12. The Morgan fingerprint density at radius 1 is 1.29 bits per heavy atom. The lowest BCUT2D eigenvalue weighted by Crippen LogP contribution is -2.15. The Hall–Kier alpha value is -1.02. The maximum absolute atomic E-state index is 5.73. The Balaban J connectivity index is 2.23. The van der Waals surface area contributed by atoms with Crippen molar-refractivity contribution in [2.24, 2.45) is 0 Å². The van der Waals surface area contributed by atoms with Gasteiger partial charge in [0.05, 0.1) is 6.10 Å². The van der Waals surface area contributed by atoms with E-state index in [9.17, 15) is 0 Å². The molecule has 0 aliphatic heterocycles. The molecule has 2 nitrogen and oxygen atoms in total. The summed E-state index contributed by atoms with van der Waals surface area (Å²) in [7, 11) is 1.97. The highest BCUT2D eigenvalue weighted by atomic mass is 16.5. The van der Waals surface area contributed by atoms with Gasteiger partial charge in [-0.05, 0) is 45.5 Å². The van der Waals surface area contributed by atoms with E-state index >= 15 is 0 Å². The second-order valence-corrected chi connectivity index (χ2v) is 3.49. The van der Waals surface area contributed by atoms with Gasteiger partial charge in [0, 0.05) is 0 Å². The standard InChI is InChI=1S/C12H19NO/c1-11(7-6-10-13-2)14-12-8-4-3-5-9-12/h3-5,8-9,11,13H,6-7,10H2,1-2H3. The van der Waals surface area contributed by atoms with E-state index in [1.165, 1.54) is 0 Å². The molecule has 1 unspecified atom stereocenters. The van der Waals surface area contributed by atoms with Gasteiger partial charge >= 0.3 is 0 Å². The van der Waals surface area contributed by atoms with Gasteiger partial charge in [-0.1, -0.05) is 18.2 Å². The van der Waals surface area contributed by atoms with Crippen LogP contribution in [0.1, 0.15) is 19.8 Å². The van der Waals surface area contributed by atoms with E-state index in [0.717, 1.165) is 25.1 Å². The Morgan fingerprint density at radius 3 is 2.64 bits per heavy atom. The van der Waals surface area contributed by atoms with Crippen molar-refractivity contribution in [2.75, 3.05) is 13.6 Å². The Labute approximate surface area is 86.3 Å². The van der Waals surface area contributed by atoms with E-state index in [4.69, 9.17) is 4.74 Å². The predicted octanol–water partition coefficient (Wildman–Crippen LogP) is 2.45. The van der Waals surface area contributed by atoms with Crippen molar-refractivity contribution in [2.45, 2.75) is 25.9 Å². The topological polar surface area (TPSA) is 21.3 Å². The molecule has 1 atom stereocenters. The highest BCUT2D eigenvalue weighted by molar-refractivity contribution is 5.21. The summed E-state index contributed by atoms with van der Waals surface area (Å²) in [6.45, 7) is 3.17. The average Bonchev–Trinajstić information content (AvgIpc) is 2.20. The van der Waals surface area contributed by atoms with Crippen LogP contribution in [0.25, 0.3) is 0 Å². The lowest BCUT2D eigenvalue weighted by molar-refractivity contribution is 0.208. The van der Waals surface area contributed by atoms with Crippen molar-refractivity contribution in [3.05, 3.63) is 30.3 Å². The molecule has 0 bridgehead atoms. The van der Waals surface area contributed by atoms with Crippen molar-refractivity contribution in [3.63, 3.8) is 0 Å². The van der Waals surface area contributed by atoms with Gasteiger partial charge in [-0.15, -0.1) is 0 Å². The summed E-state index contributed by atoms with van der Waals surface area (Å²) in [5.41, 5.74) is 0. The first-order valence-corrected chi connectivity index (χ1v) is 5.19. The van der Waals surface area contributed by atoms with Crippen LogP contribution < -0.4 is 10.1 Å². The van der Waals surface area contributed by atoms with Crippen LogP contribution in [-0.4, -0.2) is 19.7 Å². The van der Waals surface area contributed by atoms with Gasteiger partial charge in [0.1, 0.15) is 5.75 Å². The fourth-order valence-electron chi connectivity index (χ4n) is 1.36. The predicted molar refractivity (Wildman–Crippen MR) is 59.7 cm³/mol. The third kappa shape index (κ3) is 4.28. The minimum Gasteiger partial charge on any atom is -0.491 e. The van der Waals surface area contributed by atoms with E-state index in [1.54, 1.807) is 0 Å². The molecule has 0 radical (unpaired) electrons. The lowest BCUT2D eigenvalue weighted by atomic mass is 10.2. The SMILES string of the molecule is CNCCCC(C)Oc1ccccc1. The van der Waals surface area contributed by atoms with Gasteiger partial charge in [0.25, 0.3) is 0 Å². The molecule has 14 heavy (non-hydrogen) atoms. The van der Waals surface area contributed by atoms with Crippen LogP contribution in [0, 0.1) is 0 Å². The monoisotopic (exact) mass is 193 g/mol. The maximum atomic E-state index is 5.73. The zero-order valence-corrected chi connectivity index (χ0v) is 8.99. The fourth-order valence-corrected chi connectivity index (χ4v) is 1.36. The second-order valence-electron chi connectivity index (χ2n) is 3.49. The molecule has 0 aromatic heterocycles. The average molecular weight is 193 g/mol. The molecule has 78 valence electrons. The number of hydrogen-bond acceptors (Lipinski definition) is 2. The molecule has 0 amide bonds. The van der Waals surface area contributed by atoms with Crippen LogP contribution in [0.5, 0.6) is 5.75 Å². The largest absolute Gasteiger partial charge is 0.491 e. The molecule has 1 aromatic rings. The van der Waals surface area contributed by atoms with Gasteiger partial charge in [0.2, 0.25) is 0 Å². The van der Waals surface area contributed by atoms with E-state index in [1.807, 2.05) is 37.4 Å². The summed E-state index contributed by atoms with van der Waals surface area (Å²) in [5, 5.41) is 3.13. The molecule has 1 aromatic carbocycles. The molecule has 0 saturated heterocycles. The van der Waals surface area contributed by atoms with Crippen LogP contribution in [0.2, 0.25) is 0 Å². The number of nitrogens with one attached hydrogen (secondary N) is 1. The first kappa shape index (κ1) is 11.1. The van der Waals surface area contributed by atoms with Gasteiger partial charge in [0.15, 0.2) is 0 Å². The summed E-state index contributed by atoms with van der Waals surface area (Å²) in [4.78, 5) is 0. The van der Waals surface area contributed by atoms with E-state index in [0.29, 0.717) is 6.10 Å². The summed E-state index contributed by atoms with van der Waals surface area (Å²) in [6.07, 6.45) is 2.55. The highest BCUT2D eigenvalue weighted by Crippen LogP contribution is 2.12. The van der Waals surface area contributed by atoms with Gasteiger partial charge in [-0.3, -0.25) is 0 Å². The molecule has 0 saturated carbocycles. The Kier molecular flexibility index (Phi) is 5.08. The quantitative estimate of drug-likeness (QED) is 0.701. The highest BCUT2D eigenvalue weighted by Gasteiger charge is 2.02. The number of para-hydroxylation sites is 1. The molecular weight excluding hydrogens is 174 g/mol. The van der Waals surface area contributed by atoms with Crippen molar-refractivity contribution in [3.8, 4) is 5.75 Å². The smallest absolute Gasteiger partial charge is 0.119 e. The first-order valence-electron chi connectivity index (χ1n) is 5.19. The maximum Gasteiger partial charge on any atom is 0.119 e. The van der Waals surface area contributed by atoms with Crippen LogP contribution in [0.3, 0.4) is 0 Å². The zero-order valence-electron chi connectivity index (χ0n) is 8.99. The Bertz CT molecular complexity index is 235. The molecule has 0 aliphatic rings. The first-order chi connectivity index (χ1) is 6.83. The van der Waals surface area contributed by atoms with E-state index < -0.39 is 0 Å². The fraction of sp³-hybridized carbons (Fsp3) is 0.500. The minimum absolute atomic E-state index is 0.297. The van der Waals surface area contributed by atoms with Gasteiger partial charge in [-0.25, -0.2) is 0 Å². The van der Waals surface area contributed by atoms with Crippen molar-refractivity contribution < 1.29 is 4.74 Å². The zero-order chi connectivity index (χ0) is 10.2. The molecule has 1 N–H and O–H groups in total. The number of benzene rings is 1. The number of hydrogen-bond donors (Lipinski definition) is 1. The molecule has 0 fully saturated rings. The molecule has 0 heterocycles. The molecule has 0 spiro atoms. The molecule has 2 heteroatoms. The van der Waals surface area contributed by atoms with Crippen molar-refractivity contribution >= 4 is 0 Å². The summed E-state index contributed by atoms with van der Waals surface area (Å²) >= 11 is 0.